The molecule has 4 rings (SSSR count). The second-order valence-electron chi connectivity index (χ2n) is 5.62. The number of amides is 1. The predicted octanol–water partition coefficient (Wildman–Crippen LogP) is 3.75. The number of rotatable bonds is 2. The zero-order valence-corrected chi connectivity index (χ0v) is 13.2. The number of para-hydroxylation sites is 1. The van der Waals surface area contributed by atoms with Crippen LogP contribution in [0, 0.1) is 6.92 Å². The first-order valence-corrected chi connectivity index (χ1v) is 8.33. The lowest BCUT2D eigenvalue weighted by Crippen LogP contribution is -2.29. The minimum atomic E-state index is 0.128. The molecule has 4 heteroatoms. The number of hydrogen-bond donors (Lipinski definition) is 0. The van der Waals surface area contributed by atoms with Crippen molar-refractivity contribution in [1.29, 1.82) is 0 Å². The van der Waals surface area contributed by atoms with E-state index in [4.69, 9.17) is 0 Å². The monoisotopic (exact) mass is 308 g/mol. The molecule has 1 aliphatic heterocycles. The molecule has 1 aromatic heterocycles. The molecule has 0 unspecified atom stereocenters. The number of fused-ring (bicyclic) bond motifs is 1. The maximum atomic E-state index is 12.8. The third-order valence-corrected chi connectivity index (χ3v) is 4.97. The van der Waals surface area contributed by atoms with E-state index < -0.39 is 0 Å². The highest BCUT2D eigenvalue weighted by atomic mass is 32.1. The van der Waals surface area contributed by atoms with Crippen molar-refractivity contribution in [3.63, 3.8) is 0 Å². The van der Waals surface area contributed by atoms with E-state index in [1.165, 1.54) is 5.56 Å². The largest absolute Gasteiger partial charge is 0.308 e. The molecule has 0 bridgehead atoms. The van der Waals surface area contributed by atoms with Crippen molar-refractivity contribution in [3.8, 4) is 0 Å². The van der Waals surface area contributed by atoms with Crippen molar-refractivity contribution in [2.75, 3.05) is 11.4 Å². The van der Waals surface area contributed by atoms with Crippen LogP contribution in [0.5, 0.6) is 0 Å². The van der Waals surface area contributed by atoms with Crippen molar-refractivity contribution in [2.45, 2.75) is 19.8 Å². The van der Waals surface area contributed by atoms with Crippen molar-refractivity contribution >= 4 is 28.5 Å². The molecule has 2 aromatic rings. The van der Waals surface area contributed by atoms with Gasteiger partial charge in [0.1, 0.15) is 0 Å². The average molecular weight is 308 g/mol. The summed E-state index contributed by atoms with van der Waals surface area (Å²) in [5, 5.41) is 3.11. The van der Waals surface area contributed by atoms with E-state index in [1.807, 2.05) is 36.1 Å². The fourth-order valence-electron chi connectivity index (χ4n) is 3.07. The van der Waals surface area contributed by atoms with Crippen LogP contribution in [-0.4, -0.2) is 17.4 Å². The summed E-state index contributed by atoms with van der Waals surface area (Å²) < 4.78 is 0. The Morgan fingerprint density at radius 2 is 2.18 bits per heavy atom. The standard InChI is InChI=1S/C18H16N2OS/c1-12-19-16(11-22-12)14-6-7-15(10-14)18(21)20-9-8-13-4-2-3-5-17(13)20/h2-6,10-11H,7-9H2,1H3. The summed E-state index contributed by atoms with van der Waals surface area (Å²) in [6.07, 6.45) is 5.74. The highest BCUT2D eigenvalue weighted by molar-refractivity contribution is 7.09. The molecular formula is C18H16N2OS. The Hall–Kier alpha value is -2.20. The summed E-state index contributed by atoms with van der Waals surface area (Å²) in [6.45, 7) is 2.78. The quantitative estimate of drug-likeness (QED) is 0.846. The Bertz CT molecular complexity index is 816. The van der Waals surface area contributed by atoms with Gasteiger partial charge in [0, 0.05) is 23.2 Å². The molecule has 1 amide bonds. The zero-order valence-electron chi connectivity index (χ0n) is 12.4. The molecule has 3 nitrogen and oxygen atoms in total. The van der Waals surface area contributed by atoms with Crippen LogP contribution < -0.4 is 4.90 Å². The van der Waals surface area contributed by atoms with Crippen LogP contribution in [0.25, 0.3) is 5.57 Å². The number of allylic oxidation sites excluding steroid dienone is 3. The summed E-state index contributed by atoms with van der Waals surface area (Å²) in [5.41, 5.74) is 5.23. The topological polar surface area (TPSA) is 33.2 Å². The average Bonchev–Trinajstić information content (AvgIpc) is 3.25. The van der Waals surface area contributed by atoms with Gasteiger partial charge in [0.2, 0.25) is 0 Å². The van der Waals surface area contributed by atoms with Gasteiger partial charge in [-0.3, -0.25) is 4.79 Å². The van der Waals surface area contributed by atoms with E-state index in [9.17, 15) is 4.79 Å². The van der Waals surface area contributed by atoms with Gasteiger partial charge in [-0.15, -0.1) is 11.3 Å². The highest BCUT2D eigenvalue weighted by Crippen LogP contribution is 2.32. The number of benzene rings is 1. The van der Waals surface area contributed by atoms with Gasteiger partial charge >= 0.3 is 0 Å². The molecule has 0 fully saturated rings. The Morgan fingerprint density at radius 3 is 3.00 bits per heavy atom. The zero-order chi connectivity index (χ0) is 15.1. The van der Waals surface area contributed by atoms with Gasteiger partial charge in [-0.25, -0.2) is 4.98 Å². The van der Waals surface area contributed by atoms with Gasteiger partial charge in [-0.1, -0.05) is 24.3 Å². The fourth-order valence-corrected chi connectivity index (χ4v) is 3.69. The maximum absolute atomic E-state index is 12.8. The molecule has 1 aliphatic carbocycles. The molecule has 110 valence electrons. The van der Waals surface area contributed by atoms with E-state index >= 15 is 0 Å². The van der Waals surface area contributed by atoms with Gasteiger partial charge < -0.3 is 4.90 Å². The van der Waals surface area contributed by atoms with Gasteiger partial charge in [0.15, 0.2) is 0 Å². The maximum Gasteiger partial charge on any atom is 0.254 e. The number of carbonyl (C=O) groups excluding carboxylic acids is 1. The van der Waals surface area contributed by atoms with Crippen LogP contribution in [0.3, 0.4) is 0 Å². The summed E-state index contributed by atoms with van der Waals surface area (Å²) in [4.78, 5) is 19.2. The summed E-state index contributed by atoms with van der Waals surface area (Å²) in [7, 11) is 0. The molecule has 0 saturated carbocycles. The lowest BCUT2D eigenvalue weighted by Gasteiger charge is -2.17. The summed E-state index contributed by atoms with van der Waals surface area (Å²) in [5.74, 6) is 0.128. The third kappa shape index (κ3) is 2.20. The van der Waals surface area contributed by atoms with Crippen LogP contribution in [0.2, 0.25) is 0 Å². The fraction of sp³-hybridized carbons (Fsp3) is 0.222. The van der Waals surface area contributed by atoms with E-state index in [1.54, 1.807) is 11.3 Å². The van der Waals surface area contributed by atoms with Gasteiger partial charge in [-0.05, 0) is 43.0 Å². The Kier molecular flexibility index (Phi) is 3.19. The molecule has 1 aromatic carbocycles. The lowest BCUT2D eigenvalue weighted by atomic mass is 10.1. The molecular weight excluding hydrogens is 292 g/mol. The van der Waals surface area contributed by atoms with Crippen LogP contribution >= 0.6 is 11.3 Å². The number of nitrogens with zero attached hydrogens (tertiary/aromatic N) is 2. The molecule has 0 atom stereocenters. The third-order valence-electron chi connectivity index (χ3n) is 4.19. The number of carbonyl (C=O) groups is 1. The number of aromatic nitrogens is 1. The number of hydrogen-bond acceptors (Lipinski definition) is 3. The van der Waals surface area contributed by atoms with Crippen molar-refractivity contribution in [2.24, 2.45) is 0 Å². The first-order chi connectivity index (χ1) is 10.7. The summed E-state index contributed by atoms with van der Waals surface area (Å²) >= 11 is 1.64. The molecule has 22 heavy (non-hydrogen) atoms. The highest BCUT2D eigenvalue weighted by Gasteiger charge is 2.27. The van der Waals surface area contributed by atoms with Crippen LogP contribution in [0.15, 0.2) is 47.4 Å². The van der Waals surface area contributed by atoms with Crippen LogP contribution in [0.1, 0.15) is 22.7 Å². The van der Waals surface area contributed by atoms with E-state index in [-0.39, 0.29) is 5.91 Å². The van der Waals surface area contributed by atoms with Gasteiger partial charge in [0.25, 0.3) is 5.91 Å². The first-order valence-electron chi connectivity index (χ1n) is 7.45. The molecule has 2 heterocycles. The SMILES string of the molecule is Cc1nc(C2=CCC(C(=O)N3CCc4ccccc43)=C2)cs1. The smallest absolute Gasteiger partial charge is 0.254 e. The second-order valence-corrected chi connectivity index (χ2v) is 6.68. The Labute approximate surface area is 133 Å². The Morgan fingerprint density at radius 1 is 1.32 bits per heavy atom. The number of anilines is 1. The lowest BCUT2D eigenvalue weighted by molar-refractivity contribution is -0.115. The predicted molar refractivity (Wildman–Crippen MR) is 90.0 cm³/mol. The molecule has 0 spiro atoms. The van der Waals surface area contributed by atoms with Gasteiger partial charge in [-0.2, -0.15) is 0 Å². The Balaban J connectivity index is 1.58. The van der Waals surface area contributed by atoms with E-state index in [2.05, 4.69) is 22.5 Å². The molecule has 0 radical (unpaired) electrons. The van der Waals surface area contributed by atoms with E-state index in [0.717, 1.165) is 40.5 Å². The number of aryl methyl sites for hydroxylation is 1. The van der Waals surface area contributed by atoms with Crippen molar-refractivity contribution in [3.05, 3.63) is 63.6 Å². The van der Waals surface area contributed by atoms with E-state index in [0.29, 0.717) is 6.42 Å². The normalized spacial score (nSPS) is 16.5. The molecule has 0 saturated heterocycles. The summed E-state index contributed by atoms with van der Waals surface area (Å²) in [6, 6.07) is 8.17. The minimum absolute atomic E-state index is 0.128. The van der Waals surface area contributed by atoms with Crippen LogP contribution in [0.4, 0.5) is 5.69 Å². The minimum Gasteiger partial charge on any atom is -0.308 e. The molecule has 2 aliphatic rings. The first kappa shape index (κ1) is 13.5. The van der Waals surface area contributed by atoms with Crippen molar-refractivity contribution in [1.82, 2.24) is 4.98 Å². The van der Waals surface area contributed by atoms with Crippen LogP contribution in [-0.2, 0) is 11.2 Å². The number of thiazole rings is 1. The second kappa shape index (κ2) is 5.21. The molecule has 0 N–H and O–H groups in total. The van der Waals surface area contributed by atoms with Crippen molar-refractivity contribution < 1.29 is 4.79 Å². The van der Waals surface area contributed by atoms with Gasteiger partial charge in [0.05, 0.1) is 10.7 Å².